The van der Waals surface area contributed by atoms with Gasteiger partial charge in [-0.3, -0.25) is 4.79 Å². The van der Waals surface area contributed by atoms with Crippen molar-refractivity contribution >= 4 is 28.6 Å². The Kier molecular flexibility index (Phi) is 7.57. The molecule has 0 spiro atoms. The Morgan fingerprint density at radius 3 is 2.45 bits per heavy atom. The molecule has 0 aliphatic rings. The molecule has 3 rings (SSSR count). The Hall–Kier alpha value is -3.00. The summed E-state index contributed by atoms with van der Waals surface area (Å²) < 4.78 is 16.2. The van der Waals surface area contributed by atoms with Crippen LogP contribution in [0.1, 0.15) is 15.9 Å². The van der Waals surface area contributed by atoms with Crippen molar-refractivity contribution < 1.29 is 9.35 Å². The second kappa shape index (κ2) is 10.3. The first-order valence-electron chi connectivity index (χ1n) is 10.0. The number of anilines is 2. The molecule has 6 nitrogen and oxygen atoms in total. The van der Waals surface area contributed by atoms with Crippen molar-refractivity contribution in [3.63, 3.8) is 0 Å². The lowest BCUT2D eigenvalue weighted by Crippen LogP contribution is -2.21. The van der Waals surface area contributed by atoms with Crippen LogP contribution in [0.15, 0.2) is 71.6 Å². The van der Waals surface area contributed by atoms with Crippen molar-refractivity contribution in [2.24, 2.45) is 5.73 Å². The summed E-state index contributed by atoms with van der Waals surface area (Å²) >= 11 is -1.44. The molecule has 4 N–H and O–H groups in total. The summed E-state index contributed by atoms with van der Waals surface area (Å²) in [6.45, 7) is 3.14. The normalized spacial score (nSPS) is 11.6. The number of aryl methyl sites for hydroxylation is 1. The Bertz CT molecular complexity index is 1060. The van der Waals surface area contributed by atoms with Gasteiger partial charge in [-0.05, 0) is 48.4 Å². The summed E-state index contributed by atoms with van der Waals surface area (Å²) in [5.74, 6) is -0.0532. The molecule has 0 radical (unpaired) electrons. The highest BCUT2D eigenvalue weighted by Crippen LogP contribution is 2.28. The number of amides is 1. The van der Waals surface area contributed by atoms with E-state index in [0.29, 0.717) is 23.5 Å². The summed E-state index contributed by atoms with van der Waals surface area (Å²) in [5.41, 5.74) is 10.6. The minimum absolute atomic E-state index is 0.0532. The Morgan fingerprint density at radius 1 is 1.00 bits per heavy atom. The fourth-order valence-corrected chi connectivity index (χ4v) is 4.19. The average molecular weight is 437 g/mol. The molecule has 3 aromatic carbocycles. The van der Waals surface area contributed by atoms with Crippen LogP contribution in [0.4, 0.5) is 11.4 Å². The Labute approximate surface area is 186 Å². The number of rotatable bonds is 8. The van der Waals surface area contributed by atoms with Crippen LogP contribution in [0.5, 0.6) is 0 Å². The van der Waals surface area contributed by atoms with Gasteiger partial charge in [0.1, 0.15) is 11.4 Å². The number of hydrogen-bond donors (Lipinski definition) is 3. The van der Waals surface area contributed by atoms with Gasteiger partial charge in [0.25, 0.3) is 5.91 Å². The number of carbonyl (C=O) groups is 1. The van der Waals surface area contributed by atoms with Gasteiger partial charge in [-0.1, -0.05) is 30.3 Å². The van der Waals surface area contributed by atoms with E-state index in [0.717, 1.165) is 28.1 Å². The van der Waals surface area contributed by atoms with Gasteiger partial charge in [0.05, 0.1) is 5.69 Å². The van der Waals surface area contributed by atoms with Crippen LogP contribution in [0.25, 0.3) is 11.1 Å². The average Bonchev–Trinajstić information content (AvgIpc) is 2.77. The molecule has 0 bridgehead atoms. The topological polar surface area (TPSA) is 93.5 Å². The van der Waals surface area contributed by atoms with Gasteiger partial charge in [-0.25, -0.2) is 4.72 Å². The predicted octanol–water partition coefficient (Wildman–Crippen LogP) is 3.87. The maximum atomic E-state index is 13.1. The zero-order valence-electron chi connectivity index (χ0n) is 18.0. The van der Waals surface area contributed by atoms with E-state index in [4.69, 9.17) is 5.73 Å². The van der Waals surface area contributed by atoms with Crippen LogP contribution < -0.4 is 15.8 Å². The molecule has 162 valence electrons. The second-order valence-corrected chi connectivity index (χ2v) is 8.61. The Morgan fingerprint density at radius 2 is 1.71 bits per heavy atom. The van der Waals surface area contributed by atoms with Gasteiger partial charge < -0.3 is 20.5 Å². The molecule has 1 atom stereocenters. The van der Waals surface area contributed by atoms with E-state index >= 15 is 0 Å². The van der Waals surface area contributed by atoms with Crippen LogP contribution >= 0.6 is 0 Å². The third-order valence-electron chi connectivity index (χ3n) is 4.78. The summed E-state index contributed by atoms with van der Waals surface area (Å²) in [5, 5.41) is 3.22. The van der Waals surface area contributed by atoms with E-state index in [1.165, 1.54) is 0 Å². The summed E-state index contributed by atoms with van der Waals surface area (Å²) in [7, 11) is 3.46. The molecule has 1 unspecified atom stereocenters. The molecular formula is C24H28N4O2S. The molecule has 3 aromatic rings. The highest BCUT2D eigenvalue weighted by atomic mass is 32.2. The van der Waals surface area contributed by atoms with E-state index in [1.54, 1.807) is 25.1 Å². The quantitative estimate of drug-likeness (QED) is 0.466. The number of carbonyl (C=O) groups excluding carboxylic acids is 1. The number of hydrogen-bond acceptors (Lipinski definition) is 5. The third-order valence-corrected chi connectivity index (χ3v) is 6.04. The fraction of sp³-hybridized carbons (Fsp3) is 0.208. The smallest absolute Gasteiger partial charge is 0.253 e. The first-order chi connectivity index (χ1) is 14.9. The van der Waals surface area contributed by atoms with Crippen molar-refractivity contribution in [3.8, 4) is 11.1 Å². The first kappa shape index (κ1) is 22.7. The van der Waals surface area contributed by atoms with Crippen LogP contribution in [0, 0.1) is 6.92 Å². The zero-order valence-corrected chi connectivity index (χ0v) is 18.8. The van der Waals surface area contributed by atoms with Crippen LogP contribution in [0.3, 0.4) is 0 Å². The highest BCUT2D eigenvalue weighted by Gasteiger charge is 2.17. The number of nitrogens with two attached hydrogens (primary N) is 1. The molecule has 1 amide bonds. The van der Waals surface area contributed by atoms with Gasteiger partial charge in [0, 0.05) is 50.1 Å². The molecule has 0 aliphatic heterocycles. The standard InChI is InChI=1S/C24H28N4O2S/c1-17-10-11-19(18-6-4-7-20(14-18)24(29)28(2)3)15-23(17)31(30)27-22-9-5-8-21(16-22)26-13-12-25/h4-11,14-16,26-27H,12-13,25H2,1-3H3. The van der Waals surface area contributed by atoms with Crippen molar-refractivity contribution in [2.75, 3.05) is 37.2 Å². The monoisotopic (exact) mass is 436 g/mol. The number of benzene rings is 3. The molecule has 0 saturated heterocycles. The SMILES string of the molecule is Cc1ccc(-c2cccc(C(=O)N(C)C)c2)cc1[S+]([O-])Nc1cccc(NCCN)c1. The maximum absolute atomic E-state index is 13.1. The van der Waals surface area contributed by atoms with Gasteiger partial charge in [-0.2, -0.15) is 0 Å². The molecule has 0 fully saturated rings. The van der Waals surface area contributed by atoms with E-state index in [2.05, 4.69) is 10.0 Å². The Balaban J connectivity index is 1.84. The van der Waals surface area contributed by atoms with Crippen molar-refractivity contribution in [2.45, 2.75) is 11.8 Å². The van der Waals surface area contributed by atoms with E-state index in [9.17, 15) is 9.35 Å². The summed E-state index contributed by atoms with van der Waals surface area (Å²) in [6, 6.07) is 20.9. The van der Waals surface area contributed by atoms with Gasteiger partial charge in [0.15, 0.2) is 4.90 Å². The van der Waals surface area contributed by atoms with Crippen molar-refractivity contribution in [1.29, 1.82) is 0 Å². The van der Waals surface area contributed by atoms with E-state index < -0.39 is 11.4 Å². The zero-order chi connectivity index (χ0) is 22.4. The molecule has 0 aromatic heterocycles. The highest BCUT2D eigenvalue weighted by molar-refractivity contribution is 7.92. The van der Waals surface area contributed by atoms with Crippen LogP contribution in [0.2, 0.25) is 0 Å². The second-order valence-electron chi connectivity index (χ2n) is 7.43. The fourth-order valence-electron chi connectivity index (χ4n) is 3.14. The van der Waals surface area contributed by atoms with Crippen molar-refractivity contribution in [3.05, 3.63) is 77.9 Å². The minimum atomic E-state index is -1.44. The molecule has 31 heavy (non-hydrogen) atoms. The molecule has 0 saturated carbocycles. The predicted molar refractivity (Wildman–Crippen MR) is 129 cm³/mol. The minimum Gasteiger partial charge on any atom is -0.588 e. The lowest BCUT2D eigenvalue weighted by Gasteiger charge is -2.16. The maximum Gasteiger partial charge on any atom is 0.253 e. The largest absolute Gasteiger partial charge is 0.588 e. The lowest BCUT2D eigenvalue weighted by atomic mass is 10.0. The first-order valence-corrected chi connectivity index (χ1v) is 11.2. The van der Waals surface area contributed by atoms with Crippen LogP contribution in [-0.2, 0) is 11.4 Å². The van der Waals surface area contributed by atoms with Crippen LogP contribution in [-0.4, -0.2) is 42.5 Å². The molecular weight excluding hydrogens is 408 g/mol. The summed E-state index contributed by atoms with van der Waals surface area (Å²) in [6.07, 6.45) is 0. The summed E-state index contributed by atoms with van der Waals surface area (Å²) in [4.78, 5) is 14.6. The van der Waals surface area contributed by atoms with E-state index in [-0.39, 0.29) is 5.91 Å². The molecule has 0 aliphatic carbocycles. The lowest BCUT2D eigenvalue weighted by molar-refractivity contribution is 0.0827. The number of nitrogens with one attached hydrogen (secondary N) is 2. The molecule has 0 heterocycles. The van der Waals surface area contributed by atoms with E-state index in [1.807, 2.05) is 67.6 Å². The number of nitrogens with zero attached hydrogens (tertiary/aromatic N) is 1. The third kappa shape index (κ3) is 5.79. The van der Waals surface area contributed by atoms with Gasteiger partial charge in [0.2, 0.25) is 0 Å². The van der Waals surface area contributed by atoms with Gasteiger partial charge in [-0.15, -0.1) is 0 Å². The van der Waals surface area contributed by atoms with Gasteiger partial charge >= 0.3 is 0 Å². The molecule has 7 heteroatoms. The van der Waals surface area contributed by atoms with Crippen molar-refractivity contribution in [1.82, 2.24) is 4.90 Å².